The minimum absolute atomic E-state index is 0.1000. The number of thiocarbonyl (C=S) groups is 1. The van der Waals surface area contributed by atoms with Gasteiger partial charge in [0.2, 0.25) is 0 Å². The molecule has 2 aromatic rings. The standard InChI is InChI=1S/C14H15N3OS/c1-3-17-14(18)11(13(15)19)8-12(16-17)10-6-4-9(2)5-7-10/h4-8H,3H2,1-2H3,(H2,15,19). The third-order valence-electron chi connectivity index (χ3n) is 2.89. The average Bonchev–Trinajstić information content (AvgIpc) is 2.39. The lowest BCUT2D eigenvalue weighted by molar-refractivity contribution is 0.618. The van der Waals surface area contributed by atoms with Crippen molar-refractivity contribution in [2.75, 3.05) is 0 Å². The molecular weight excluding hydrogens is 258 g/mol. The van der Waals surface area contributed by atoms with Crippen molar-refractivity contribution in [1.82, 2.24) is 9.78 Å². The van der Waals surface area contributed by atoms with Gasteiger partial charge < -0.3 is 5.73 Å². The molecule has 0 bridgehead atoms. The zero-order chi connectivity index (χ0) is 14.0. The summed E-state index contributed by atoms with van der Waals surface area (Å²) in [6.45, 7) is 4.36. The Labute approximate surface area is 116 Å². The molecule has 1 aromatic carbocycles. The predicted molar refractivity (Wildman–Crippen MR) is 80.2 cm³/mol. The topological polar surface area (TPSA) is 60.9 Å². The Balaban J connectivity index is 2.64. The molecule has 1 aromatic heterocycles. The van der Waals surface area contributed by atoms with Crippen LogP contribution in [0.25, 0.3) is 11.3 Å². The molecule has 0 amide bonds. The molecule has 0 aliphatic carbocycles. The zero-order valence-corrected chi connectivity index (χ0v) is 11.7. The molecule has 0 aliphatic rings. The first-order valence-electron chi connectivity index (χ1n) is 6.02. The van der Waals surface area contributed by atoms with E-state index in [9.17, 15) is 4.79 Å². The van der Waals surface area contributed by atoms with E-state index >= 15 is 0 Å². The molecule has 19 heavy (non-hydrogen) atoms. The number of nitrogens with two attached hydrogens (primary N) is 1. The van der Waals surface area contributed by atoms with Crippen molar-refractivity contribution in [1.29, 1.82) is 0 Å². The molecule has 98 valence electrons. The molecule has 0 unspecified atom stereocenters. The maximum atomic E-state index is 12.0. The van der Waals surface area contributed by atoms with E-state index in [0.29, 0.717) is 17.8 Å². The number of aryl methyl sites for hydroxylation is 2. The van der Waals surface area contributed by atoms with Crippen molar-refractivity contribution < 1.29 is 0 Å². The van der Waals surface area contributed by atoms with Crippen LogP contribution in [-0.4, -0.2) is 14.8 Å². The van der Waals surface area contributed by atoms with Gasteiger partial charge in [0, 0.05) is 12.1 Å². The van der Waals surface area contributed by atoms with Gasteiger partial charge in [0.15, 0.2) is 0 Å². The Morgan fingerprint density at radius 1 is 1.37 bits per heavy atom. The summed E-state index contributed by atoms with van der Waals surface area (Å²) in [7, 11) is 0. The summed E-state index contributed by atoms with van der Waals surface area (Å²) in [5.74, 6) is 0. The van der Waals surface area contributed by atoms with E-state index < -0.39 is 0 Å². The Hall–Kier alpha value is -2.01. The van der Waals surface area contributed by atoms with E-state index in [1.807, 2.05) is 38.1 Å². The molecule has 1 heterocycles. The highest BCUT2D eigenvalue weighted by atomic mass is 32.1. The fraction of sp³-hybridized carbons (Fsp3) is 0.214. The third kappa shape index (κ3) is 2.71. The van der Waals surface area contributed by atoms with Crippen LogP contribution >= 0.6 is 12.2 Å². The molecule has 0 radical (unpaired) electrons. The fourth-order valence-corrected chi connectivity index (χ4v) is 1.94. The molecule has 0 spiro atoms. The number of aromatic nitrogens is 2. The largest absolute Gasteiger partial charge is 0.389 e. The van der Waals surface area contributed by atoms with Crippen LogP contribution in [0.4, 0.5) is 0 Å². The molecular formula is C14H15N3OS. The van der Waals surface area contributed by atoms with Crippen LogP contribution in [0.15, 0.2) is 35.1 Å². The smallest absolute Gasteiger partial charge is 0.277 e. The average molecular weight is 273 g/mol. The van der Waals surface area contributed by atoms with Gasteiger partial charge in [0.05, 0.1) is 11.3 Å². The van der Waals surface area contributed by atoms with Crippen molar-refractivity contribution in [2.24, 2.45) is 5.73 Å². The molecule has 4 nitrogen and oxygen atoms in total. The lowest BCUT2D eigenvalue weighted by atomic mass is 10.1. The fourth-order valence-electron chi connectivity index (χ4n) is 1.80. The van der Waals surface area contributed by atoms with Gasteiger partial charge in [-0.25, -0.2) is 4.68 Å². The Morgan fingerprint density at radius 3 is 2.53 bits per heavy atom. The first-order valence-corrected chi connectivity index (χ1v) is 6.42. The summed E-state index contributed by atoms with van der Waals surface area (Å²) in [5, 5.41) is 4.32. The van der Waals surface area contributed by atoms with Crippen LogP contribution in [-0.2, 0) is 6.54 Å². The summed E-state index contributed by atoms with van der Waals surface area (Å²) in [4.78, 5) is 12.1. The number of hydrogen-bond donors (Lipinski definition) is 1. The number of benzene rings is 1. The molecule has 5 heteroatoms. The number of rotatable bonds is 3. The van der Waals surface area contributed by atoms with Crippen molar-refractivity contribution in [3.05, 3.63) is 51.8 Å². The van der Waals surface area contributed by atoms with Crippen LogP contribution < -0.4 is 11.3 Å². The molecule has 0 atom stereocenters. The molecule has 0 saturated carbocycles. The van der Waals surface area contributed by atoms with Crippen LogP contribution in [0.2, 0.25) is 0 Å². The normalized spacial score (nSPS) is 10.4. The van der Waals surface area contributed by atoms with Crippen molar-refractivity contribution in [2.45, 2.75) is 20.4 Å². The quantitative estimate of drug-likeness (QED) is 0.867. The highest BCUT2D eigenvalue weighted by Crippen LogP contribution is 2.17. The van der Waals surface area contributed by atoms with E-state index in [0.717, 1.165) is 5.56 Å². The van der Waals surface area contributed by atoms with Gasteiger partial charge in [0.1, 0.15) is 4.99 Å². The van der Waals surface area contributed by atoms with Crippen LogP contribution in [0.5, 0.6) is 0 Å². The Bertz CT molecular complexity index is 674. The van der Waals surface area contributed by atoms with Gasteiger partial charge in [-0.3, -0.25) is 4.79 Å². The number of nitrogens with zero attached hydrogens (tertiary/aromatic N) is 2. The van der Waals surface area contributed by atoms with Gasteiger partial charge in [-0.05, 0) is 19.9 Å². The third-order valence-corrected chi connectivity index (χ3v) is 3.11. The molecule has 0 fully saturated rings. The Kier molecular flexibility index (Phi) is 3.76. The summed E-state index contributed by atoms with van der Waals surface area (Å²) < 4.78 is 1.38. The molecule has 2 rings (SSSR count). The first-order chi connectivity index (χ1) is 9.02. The van der Waals surface area contributed by atoms with E-state index in [4.69, 9.17) is 18.0 Å². The van der Waals surface area contributed by atoms with Gasteiger partial charge in [-0.15, -0.1) is 0 Å². The van der Waals surface area contributed by atoms with Gasteiger partial charge in [-0.1, -0.05) is 42.0 Å². The maximum Gasteiger partial charge on any atom is 0.277 e. The lowest BCUT2D eigenvalue weighted by Gasteiger charge is -2.08. The highest BCUT2D eigenvalue weighted by molar-refractivity contribution is 7.80. The first kappa shape index (κ1) is 13.4. The van der Waals surface area contributed by atoms with Crippen LogP contribution in [0.3, 0.4) is 0 Å². The van der Waals surface area contributed by atoms with Crippen LogP contribution in [0.1, 0.15) is 18.1 Å². The summed E-state index contributed by atoms with van der Waals surface area (Å²) in [6, 6.07) is 9.58. The second-order valence-corrected chi connectivity index (χ2v) is 4.73. The van der Waals surface area contributed by atoms with E-state index in [1.54, 1.807) is 6.07 Å². The van der Waals surface area contributed by atoms with Gasteiger partial charge in [-0.2, -0.15) is 5.10 Å². The summed E-state index contributed by atoms with van der Waals surface area (Å²) in [5.41, 5.74) is 8.49. The van der Waals surface area contributed by atoms with Gasteiger partial charge >= 0.3 is 0 Å². The van der Waals surface area contributed by atoms with Crippen molar-refractivity contribution in [3.8, 4) is 11.3 Å². The minimum atomic E-state index is -0.245. The highest BCUT2D eigenvalue weighted by Gasteiger charge is 2.10. The van der Waals surface area contributed by atoms with E-state index in [-0.39, 0.29) is 10.5 Å². The van der Waals surface area contributed by atoms with E-state index in [2.05, 4.69) is 5.10 Å². The monoisotopic (exact) mass is 273 g/mol. The maximum absolute atomic E-state index is 12.0. The molecule has 0 aliphatic heterocycles. The van der Waals surface area contributed by atoms with Crippen molar-refractivity contribution in [3.63, 3.8) is 0 Å². The van der Waals surface area contributed by atoms with E-state index in [1.165, 1.54) is 10.2 Å². The second-order valence-electron chi connectivity index (χ2n) is 4.29. The number of hydrogen-bond acceptors (Lipinski definition) is 3. The lowest BCUT2D eigenvalue weighted by Crippen LogP contribution is -2.30. The molecule has 2 N–H and O–H groups in total. The van der Waals surface area contributed by atoms with Gasteiger partial charge in [0.25, 0.3) is 5.56 Å². The second kappa shape index (κ2) is 5.32. The van der Waals surface area contributed by atoms with Crippen molar-refractivity contribution >= 4 is 17.2 Å². The predicted octanol–water partition coefficient (Wildman–Crippen LogP) is 1.87. The zero-order valence-electron chi connectivity index (χ0n) is 10.9. The molecule has 0 saturated heterocycles. The Morgan fingerprint density at radius 2 is 2.00 bits per heavy atom. The minimum Gasteiger partial charge on any atom is -0.389 e. The van der Waals surface area contributed by atoms with Crippen LogP contribution in [0, 0.1) is 6.92 Å². The SMILES string of the molecule is CCn1nc(-c2ccc(C)cc2)cc(C(N)=S)c1=O. The summed E-state index contributed by atoms with van der Waals surface area (Å²) >= 11 is 4.92. The summed E-state index contributed by atoms with van der Waals surface area (Å²) in [6.07, 6.45) is 0.